The van der Waals surface area contributed by atoms with Gasteiger partial charge in [-0.25, -0.2) is 0 Å². The van der Waals surface area contributed by atoms with E-state index < -0.39 is 0 Å². The van der Waals surface area contributed by atoms with Crippen LogP contribution in [0, 0.1) is 0 Å². The number of aliphatic hydroxyl groups is 1. The minimum Gasteiger partial charge on any atom is -0.486 e. The summed E-state index contributed by atoms with van der Waals surface area (Å²) in [5.74, 6) is 2.70. The zero-order valence-electron chi connectivity index (χ0n) is 10.3. The first-order chi connectivity index (χ1) is 9.35. The van der Waals surface area contributed by atoms with Crippen LogP contribution in [0.4, 0.5) is 0 Å². The van der Waals surface area contributed by atoms with Gasteiger partial charge in [-0.05, 0) is 24.3 Å². The number of rotatable bonds is 3. The maximum Gasteiger partial charge on any atom is 0.165 e. The number of ether oxygens (including phenoxy) is 3. The van der Waals surface area contributed by atoms with E-state index in [-0.39, 0.29) is 12.7 Å². The number of hydrogen-bond donors (Lipinski definition) is 1. The first-order valence-corrected chi connectivity index (χ1v) is 6.12. The summed E-state index contributed by atoms with van der Waals surface area (Å²) >= 11 is 0. The lowest BCUT2D eigenvalue weighted by atomic mass is 10.2. The summed E-state index contributed by atoms with van der Waals surface area (Å²) in [5, 5.41) is 9.08. The lowest BCUT2D eigenvalue weighted by Gasteiger charge is -2.25. The van der Waals surface area contributed by atoms with Crippen LogP contribution in [-0.4, -0.2) is 24.4 Å². The van der Waals surface area contributed by atoms with Gasteiger partial charge < -0.3 is 19.3 Å². The van der Waals surface area contributed by atoms with Crippen molar-refractivity contribution in [1.29, 1.82) is 0 Å². The highest BCUT2D eigenvalue weighted by Crippen LogP contribution is 2.36. The van der Waals surface area contributed by atoms with E-state index in [1.807, 2.05) is 36.4 Å². The molecule has 98 valence electrons. The summed E-state index contributed by atoms with van der Waals surface area (Å²) in [4.78, 5) is 0. The van der Waals surface area contributed by atoms with Gasteiger partial charge in [-0.2, -0.15) is 0 Å². The van der Waals surface area contributed by atoms with Crippen LogP contribution >= 0.6 is 0 Å². The van der Waals surface area contributed by atoms with Crippen molar-refractivity contribution in [2.24, 2.45) is 0 Å². The number of benzene rings is 2. The molecule has 1 heterocycles. The highest BCUT2D eigenvalue weighted by molar-refractivity contribution is 5.47. The Balaban J connectivity index is 1.81. The van der Waals surface area contributed by atoms with E-state index in [1.165, 1.54) is 0 Å². The van der Waals surface area contributed by atoms with Crippen LogP contribution in [0.1, 0.15) is 0 Å². The lowest BCUT2D eigenvalue weighted by Crippen LogP contribution is -2.32. The maximum atomic E-state index is 9.08. The SMILES string of the molecule is OCC1COc2ccc(Oc3ccccc3)cc2O1. The maximum absolute atomic E-state index is 9.08. The first-order valence-electron chi connectivity index (χ1n) is 6.12. The Labute approximate surface area is 111 Å². The Kier molecular flexibility index (Phi) is 3.25. The van der Waals surface area contributed by atoms with Crippen molar-refractivity contribution in [1.82, 2.24) is 0 Å². The molecule has 0 amide bonds. The predicted molar refractivity (Wildman–Crippen MR) is 70.0 cm³/mol. The van der Waals surface area contributed by atoms with Gasteiger partial charge in [0.25, 0.3) is 0 Å². The Morgan fingerprint density at radius 3 is 2.68 bits per heavy atom. The van der Waals surface area contributed by atoms with E-state index in [9.17, 15) is 0 Å². The standard InChI is InChI=1S/C15H14O4/c16-9-13-10-17-14-7-6-12(8-15(14)19-13)18-11-4-2-1-3-5-11/h1-8,13,16H,9-10H2. The van der Waals surface area contributed by atoms with Gasteiger partial charge in [-0.15, -0.1) is 0 Å². The van der Waals surface area contributed by atoms with Crippen molar-refractivity contribution in [3.8, 4) is 23.0 Å². The minimum absolute atomic E-state index is 0.0663. The molecule has 1 unspecified atom stereocenters. The van der Waals surface area contributed by atoms with E-state index in [2.05, 4.69) is 0 Å². The molecular formula is C15H14O4. The molecule has 0 radical (unpaired) electrons. The van der Waals surface area contributed by atoms with Crippen molar-refractivity contribution in [2.75, 3.05) is 13.2 Å². The van der Waals surface area contributed by atoms with Crippen molar-refractivity contribution in [3.63, 3.8) is 0 Å². The molecule has 0 saturated heterocycles. The largest absolute Gasteiger partial charge is 0.486 e. The Bertz CT molecular complexity index is 553. The van der Waals surface area contributed by atoms with E-state index in [1.54, 1.807) is 12.1 Å². The fourth-order valence-corrected chi connectivity index (χ4v) is 1.87. The van der Waals surface area contributed by atoms with Crippen LogP contribution in [0.5, 0.6) is 23.0 Å². The van der Waals surface area contributed by atoms with Gasteiger partial charge in [0.2, 0.25) is 0 Å². The van der Waals surface area contributed by atoms with E-state index in [0.29, 0.717) is 23.9 Å². The second kappa shape index (κ2) is 5.20. The van der Waals surface area contributed by atoms with Crippen LogP contribution in [0.3, 0.4) is 0 Å². The third-order valence-electron chi connectivity index (χ3n) is 2.82. The molecule has 4 nitrogen and oxygen atoms in total. The molecule has 4 heteroatoms. The van der Waals surface area contributed by atoms with E-state index in [4.69, 9.17) is 19.3 Å². The fourth-order valence-electron chi connectivity index (χ4n) is 1.87. The van der Waals surface area contributed by atoms with Gasteiger partial charge in [-0.1, -0.05) is 18.2 Å². The van der Waals surface area contributed by atoms with Crippen LogP contribution in [0.15, 0.2) is 48.5 Å². The zero-order valence-corrected chi connectivity index (χ0v) is 10.3. The van der Waals surface area contributed by atoms with Gasteiger partial charge in [0.15, 0.2) is 17.6 Å². The Morgan fingerprint density at radius 1 is 1.05 bits per heavy atom. The second-order valence-electron chi connectivity index (χ2n) is 4.26. The molecule has 1 N–H and O–H groups in total. The van der Waals surface area contributed by atoms with E-state index >= 15 is 0 Å². The van der Waals surface area contributed by atoms with Gasteiger partial charge in [-0.3, -0.25) is 0 Å². The molecule has 19 heavy (non-hydrogen) atoms. The monoisotopic (exact) mass is 258 g/mol. The lowest BCUT2D eigenvalue weighted by molar-refractivity contribution is 0.0454. The molecule has 1 aliphatic heterocycles. The van der Waals surface area contributed by atoms with Gasteiger partial charge in [0.1, 0.15) is 18.1 Å². The quantitative estimate of drug-likeness (QED) is 0.919. The molecular weight excluding hydrogens is 244 g/mol. The molecule has 0 saturated carbocycles. The van der Waals surface area contributed by atoms with Crippen molar-refractivity contribution in [3.05, 3.63) is 48.5 Å². The van der Waals surface area contributed by atoms with E-state index in [0.717, 1.165) is 5.75 Å². The van der Waals surface area contributed by atoms with Crippen molar-refractivity contribution >= 4 is 0 Å². The minimum atomic E-state index is -0.320. The summed E-state index contributed by atoms with van der Waals surface area (Å²) in [6, 6.07) is 14.9. The molecule has 1 atom stereocenters. The van der Waals surface area contributed by atoms with Crippen LogP contribution in [0.2, 0.25) is 0 Å². The molecule has 0 aromatic heterocycles. The molecule has 3 rings (SSSR count). The van der Waals surface area contributed by atoms with Crippen LogP contribution in [-0.2, 0) is 0 Å². The highest BCUT2D eigenvalue weighted by Gasteiger charge is 2.20. The van der Waals surface area contributed by atoms with Crippen molar-refractivity contribution < 1.29 is 19.3 Å². The fraction of sp³-hybridized carbons (Fsp3) is 0.200. The molecule has 0 fully saturated rings. The van der Waals surface area contributed by atoms with Crippen LogP contribution < -0.4 is 14.2 Å². The molecule has 2 aromatic rings. The summed E-state index contributed by atoms with van der Waals surface area (Å²) in [6.07, 6.45) is -0.320. The molecule has 1 aliphatic rings. The summed E-state index contributed by atoms with van der Waals surface area (Å²) in [6.45, 7) is 0.297. The first kappa shape index (κ1) is 11.9. The Morgan fingerprint density at radius 2 is 1.89 bits per heavy atom. The average Bonchev–Trinajstić information content (AvgIpc) is 2.47. The van der Waals surface area contributed by atoms with Gasteiger partial charge >= 0.3 is 0 Å². The molecule has 0 aliphatic carbocycles. The van der Waals surface area contributed by atoms with Crippen molar-refractivity contribution in [2.45, 2.75) is 6.10 Å². The summed E-state index contributed by atoms with van der Waals surface area (Å²) in [5.41, 5.74) is 0. The van der Waals surface area contributed by atoms with Gasteiger partial charge in [0, 0.05) is 6.07 Å². The smallest absolute Gasteiger partial charge is 0.165 e. The zero-order chi connectivity index (χ0) is 13.1. The molecule has 2 aromatic carbocycles. The average molecular weight is 258 g/mol. The topological polar surface area (TPSA) is 47.9 Å². The second-order valence-corrected chi connectivity index (χ2v) is 4.26. The number of para-hydroxylation sites is 1. The predicted octanol–water partition coefficient (Wildman–Crippen LogP) is 2.61. The number of aliphatic hydroxyl groups excluding tert-OH is 1. The molecule has 0 spiro atoms. The normalized spacial score (nSPS) is 17.0. The summed E-state index contributed by atoms with van der Waals surface area (Å²) < 4.78 is 16.8. The van der Waals surface area contributed by atoms with Gasteiger partial charge in [0.05, 0.1) is 6.61 Å². The number of fused-ring (bicyclic) bond motifs is 1. The third-order valence-corrected chi connectivity index (χ3v) is 2.82. The number of hydrogen-bond acceptors (Lipinski definition) is 4. The highest BCUT2D eigenvalue weighted by atomic mass is 16.6. The third kappa shape index (κ3) is 2.63. The summed E-state index contributed by atoms with van der Waals surface area (Å²) in [7, 11) is 0. The van der Waals surface area contributed by atoms with Crippen LogP contribution in [0.25, 0.3) is 0 Å². The Hall–Kier alpha value is -2.20. The molecule has 0 bridgehead atoms.